The van der Waals surface area contributed by atoms with E-state index in [-0.39, 0.29) is 11.7 Å². The molecule has 0 N–H and O–H groups in total. The number of hydrogen-bond donors (Lipinski definition) is 0. The minimum atomic E-state index is 0.121. The number of aromatic nitrogens is 2. The van der Waals surface area contributed by atoms with E-state index in [1.807, 2.05) is 30.3 Å². The van der Waals surface area contributed by atoms with Crippen molar-refractivity contribution in [2.45, 2.75) is 25.2 Å². The van der Waals surface area contributed by atoms with Crippen LogP contribution in [0.25, 0.3) is 0 Å². The topological polar surface area (TPSA) is 55.3 Å². The van der Waals surface area contributed by atoms with Gasteiger partial charge in [-0.3, -0.25) is 4.79 Å². The molecule has 0 fully saturated rings. The fourth-order valence-corrected chi connectivity index (χ4v) is 4.22. The van der Waals surface area contributed by atoms with E-state index in [2.05, 4.69) is 28.1 Å². The lowest BCUT2D eigenvalue weighted by atomic mass is 9.82. The Labute approximate surface area is 164 Å². The molecule has 0 saturated carbocycles. The molecule has 5 heteroatoms. The molecule has 3 aromatic rings. The van der Waals surface area contributed by atoms with E-state index >= 15 is 0 Å². The Morgan fingerprint density at radius 2 is 1.89 bits per heavy atom. The van der Waals surface area contributed by atoms with E-state index in [4.69, 9.17) is 9.72 Å². The fraction of sp³-hybridized carbons (Fsp3) is 0.261. The number of Topliss-reactive ketones (excluding diaryl/α,β-unsaturated/α-hetero) is 1. The quantitative estimate of drug-likeness (QED) is 0.694. The summed E-state index contributed by atoms with van der Waals surface area (Å²) in [4.78, 5) is 24.2. The lowest BCUT2D eigenvalue weighted by Gasteiger charge is -2.25. The summed E-state index contributed by atoms with van der Waals surface area (Å²) in [5.41, 5.74) is 5.14. The first-order valence-corrected chi connectivity index (χ1v) is 9.61. The molecule has 5 rings (SSSR count). The van der Waals surface area contributed by atoms with Gasteiger partial charge in [0.15, 0.2) is 5.78 Å². The van der Waals surface area contributed by atoms with Crippen LogP contribution in [0.2, 0.25) is 0 Å². The molecule has 28 heavy (non-hydrogen) atoms. The van der Waals surface area contributed by atoms with Gasteiger partial charge >= 0.3 is 0 Å². The summed E-state index contributed by atoms with van der Waals surface area (Å²) < 4.78 is 5.24. The van der Waals surface area contributed by atoms with E-state index in [1.165, 1.54) is 5.56 Å². The highest BCUT2D eigenvalue weighted by atomic mass is 16.5. The Bertz CT molecular complexity index is 1050. The molecule has 0 radical (unpaired) electrons. The smallest absolute Gasteiger partial charge is 0.230 e. The molecular formula is C23H21N3O2. The Kier molecular flexibility index (Phi) is 4.08. The highest BCUT2D eigenvalue weighted by Gasteiger charge is 2.30. The second-order valence-electron chi connectivity index (χ2n) is 7.36. The van der Waals surface area contributed by atoms with Gasteiger partial charge in [0.1, 0.15) is 5.75 Å². The van der Waals surface area contributed by atoms with Crippen LogP contribution in [-0.2, 0) is 12.8 Å². The van der Waals surface area contributed by atoms with Crippen molar-refractivity contribution in [1.82, 2.24) is 9.97 Å². The van der Waals surface area contributed by atoms with Crippen LogP contribution in [0.1, 0.15) is 39.5 Å². The van der Waals surface area contributed by atoms with Crippen LogP contribution in [0, 0.1) is 0 Å². The van der Waals surface area contributed by atoms with Crippen LogP contribution < -0.4 is 9.64 Å². The lowest BCUT2D eigenvalue weighted by Crippen LogP contribution is -2.23. The van der Waals surface area contributed by atoms with Gasteiger partial charge < -0.3 is 9.64 Å². The molecule has 1 aliphatic heterocycles. The summed E-state index contributed by atoms with van der Waals surface area (Å²) in [5.74, 6) is 1.77. The predicted octanol–water partition coefficient (Wildman–Crippen LogP) is 4.09. The van der Waals surface area contributed by atoms with Gasteiger partial charge in [0.25, 0.3) is 0 Å². The minimum Gasteiger partial charge on any atom is -0.497 e. The number of methoxy groups -OCH3 is 1. The number of anilines is 2. The fourth-order valence-electron chi connectivity index (χ4n) is 4.22. The molecule has 0 amide bonds. The predicted molar refractivity (Wildman–Crippen MR) is 108 cm³/mol. The number of ketones is 1. The molecule has 0 unspecified atom stereocenters. The summed E-state index contributed by atoms with van der Waals surface area (Å²) in [6.07, 6.45) is 3.95. The highest BCUT2D eigenvalue weighted by molar-refractivity contribution is 5.98. The SMILES string of the molecule is COc1ccc([C@@H]2CC(=O)c3cnc(N4CCc5ccccc54)nc3C2)cc1. The first kappa shape index (κ1) is 16.9. The zero-order chi connectivity index (χ0) is 19.1. The molecule has 2 aromatic carbocycles. The number of rotatable bonds is 3. The molecule has 2 aliphatic rings. The van der Waals surface area contributed by atoms with Crippen molar-refractivity contribution in [3.8, 4) is 5.75 Å². The van der Waals surface area contributed by atoms with Crippen molar-refractivity contribution in [2.75, 3.05) is 18.6 Å². The Morgan fingerprint density at radius 3 is 2.71 bits per heavy atom. The van der Waals surface area contributed by atoms with Crippen LogP contribution in [0.5, 0.6) is 5.75 Å². The normalized spacial score (nSPS) is 18.0. The molecule has 0 spiro atoms. The molecule has 140 valence electrons. The number of nitrogens with zero attached hydrogens (tertiary/aromatic N) is 3. The van der Waals surface area contributed by atoms with E-state index in [1.54, 1.807) is 13.3 Å². The molecule has 2 heterocycles. The third kappa shape index (κ3) is 2.83. The zero-order valence-electron chi connectivity index (χ0n) is 15.8. The van der Waals surface area contributed by atoms with Crippen LogP contribution in [-0.4, -0.2) is 29.4 Å². The highest BCUT2D eigenvalue weighted by Crippen LogP contribution is 2.36. The van der Waals surface area contributed by atoms with Gasteiger partial charge in [-0.15, -0.1) is 0 Å². The second-order valence-corrected chi connectivity index (χ2v) is 7.36. The van der Waals surface area contributed by atoms with Gasteiger partial charge in [0.2, 0.25) is 5.95 Å². The summed E-state index contributed by atoms with van der Waals surface area (Å²) in [5, 5.41) is 0. The molecular weight excluding hydrogens is 350 g/mol. The van der Waals surface area contributed by atoms with Crippen molar-refractivity contribution in [3.05, 3.63) is 77.1 Å². The third-order valence-electron chi connectivity index (χ3n) is 5.74. The number of benzene rings is 2. The van der Waals surface area contributed by atoms with Crippen molar-refractivity contribution < 1.29 is 9.53 Å². The lowest BCUT2D eigenvalue weighted by molar-refractivity contribution is 0.0962. The minimum absolute atomic E-state index is 0.121. The van der Waals surface area contributed by atoms with Gasteiger partial charge in [-0.2, -0.15) is 0 Å². The molecule has 0 bridgehead atoms. The van der Waals surface area contributed by atoms with Crippen LogP contribution in [0.3, 0.4) is 0 Å². The van der Waals surface area contributed by atoms with Gasteiger partial charge in [-0.25, -0.2) is 9.97 Å². The van der Waals surface area contributed by atoms with E-state index in [0.29, 0.717) is 17.9 Å². The summed E-state index contributed by atoms with van der Waals surface area (Å²) in [6.45, 7) is 0.869. The van der Waals surface area contributed by atoms with Gasteiger partial charge in [-0.05, 0) is 48.1 Å². The van der Waals surface area contributed by atoms with E-state index in [9.17, 15) is 4.79 Å². The number of ether oxygens (including phenoxy) is 1. The van der Waals surface area contributed by atoms with Gasteiger partial charge in [-0.1, -0.05) is 30.3 Å². The van der Waals surface area contributed by atoms with Gasteiger partial charge in [0.05, 0.1) is 18.4 Å². The first-order chi connectivity index (χ1) is 13.7. The second kappa shape index (κ2) is 6.75. The van der Waals surface area contributed by atoms with Crippen molar-refractivity contribution in [2.24, 2.45) is 0 Å². The van der Waals surface area contributed by atoms with Gasteiger partial charge in [0, 0.05) is 24.8 Å². The van der Waals surface area contributed by atoms with E-state index < -0.39 is 0 Å². The molecule has 0 saturated heterocycles. The average Bonchev–Trinajstić information content (AvgIpc) is 3.17. The number of carbonyl (C=O) groups is 1. The number of para-hydroxylation sites is 1. The number of fused-ring (bicyclic) bond motifs is 2. The molecule has 1 atom stereocenters. The van der Waals surface area contributed by atoms with E-state index in [0.717, 1.165) is 42.1 Å². The van der Waals surface area contributed by atoms with Crippen molar-refractivity contribution in [3.63, 3.8) is 0 Å². The zero-order valence-corrected chi connectivity index (χ0v) is 15.8. The molecule has 1 aromatic heterocycles. The standard InChI is InChI=1S/C23H21N3O2/c1-28-18-8-6-15(7-9-18)17-12-20-19(22(27)13-17)14-24-23(25-20)26-11-10-16-4-2-3-5-21(16)26/h2-9,14,17H,10-13H2,1H3/t17-/m0/s1. The monoisotopic (exact) mass is 371 g/mol. The maximum Gasteiger partial charge on any atom is 0.230 e. The summed E-state index contributed by atoms with van der Waals surface area (Å²) in [6, 6.07) is 16.3. The van der Waals surface area contributed by atoms with Crippen LogP contribution >= 0.6 is 0 Å². The first-order valence-electron chi connectivity index (χ1n) is 9.61. The largest absolute Gasteiger partial charge is 0.497 e. The average molecular weight is 371 g/mol. The van der Waals surface area contributed by atoms with Crippen molar-refractivity contribution >= 4 is 17.4 Å². The Morgan fingerprint density at radius 1 is 1.07 bits per heavy atom. The van der Waals surface area contributed by atoms with Crippen LogP contribution in [0.15, 0.2) is 54.7 Å². The van der Waals surface area contributed by atoms with Crippen LogP contribution in [0.4, 0.5) is 11.6 Å². The Hall–Kier alpha value is -3.21. The summed E-state index contributed by atoms with van der Waals surface area (Å²) in [7, 11) is 1.66. The number of hydrogen-bond acceptors (Lipinski definition) is 5. The molecule has 5 nitrogen and oxygen atoms in total. The maximum atomic E-state index is 12.7. The Balaban J connectivity index is 1.47. The maximum absolute atomic E-state index is 12.7. The molecule has 1 aliphatic carbocycles. The number of carbonyl (C=O) groups excluding carboxylic acids is 1. The summed E-state index contributed by atoms with van der Waals surface area (Å²) >= 11 is 0. The van der Waals surface area contributed by atoms with Crippen molar-refractivity contribution in [1.29, 1.82) is 0 Å². The third-order valence-corrected chi connectivity index (χ3v) is 5.74.